The topological polar surface area (TPSA) is 24.5 Å². The lowest BCUT2D eigenvalue weighted by Gasteiger charge is -2.32. The van der Waals surface area contributed by atoms with Crippen molar-refractivity contribution in [2.45, 2.75) is 20.0 Å². The lowest BCUT2D eigenvalue weighted by molar-refractivity contribution is -0.0191. The fourth-order valence-corrected chi connectivity index (χ4v) is 2.39. The average Bonchev–Trinajstić information content (AvgIpc) is 2.41. The molecular formula is C14H21ClN2O. The standard InChI is InChI=1S/C14H21ClN2O/c1-3-17-7-8-18-12(10-17)9-16-14-6-4-5-13(15)11(14)2/h4-6,12,16H,3,7-10H2,1-2H3. The van der Waals surface area contributed by atoms with E-state index >= 15 is 0 Å². The molecule has 1 heterocycles. The first-order valence-corrected chi connectivity index (χ1v) is 6.91. The molecule has 0 radical (unpaired) electrons. The second kappa shape index (κ2) is 6.41. The fourth-order valence-electron chi connectivity index (χ4n) is 2.21. The molecule has 0 spiro atoms. The second-order valence-electron chi connectivity index (χ2n) is 4.68. The number of halogens is 1. The van der Waals surface area contributed by atoms with Gasteiger partial charge in [0, 0.05) is 30.3 Å². The van der Waals surface area contributed by atoms with Gasteiger partial charge in [0.2, 0.25) is 0 Å². The molecule has 0 aromatic heterocycles. The van der Waals surface area contributed by atoms with Crippen LogP contribution in [0.5, 0.6) is 0 Å². The summed E-state index contributed by atoms with van der Waals surface area (Å²) >= 11 is 6.10. The summed E-state index contributed by atoms with van der Waals surface area (Å²) in [6.45, 7) is 9.02. The zero-order valence-electron chi connectivity index (χ0n) is 11.1. The summed E-state index contributed by atoms with van der Waals surface area (Å²) in [6, 6.07) is 5.94. The van der Waals surface area contributed by atoms with Gasteiger partial charge < -0.3 is 10.1 Å². The molecular weight excluding hydrogens is 248 g/mol. The summed E-state index contributed by atoms with van der Waals surface area (Å²) in [5.74, 6) is 0. The van der Waals surface area contributed by atoms with Gasteiger partial charge in [0.05, 0.1) is 12.7 Å². The Kier molecular flexibility index (Phi) is 4.87. The van der Waals surface area contributed by atoms with Gasteiger partial charge in [0.1, 0.15) is 0 Å². The minimum absolute atomic E-state index is 0.261. The Morgan fingerprint density at radius 2 is 2.33 bits per heavy atom. The molecule has 1 aromatic rings. The van der Waals surface area contributed by atoms with E-state index in [1.165, 1.54) is 0 Å². The Morgan fingerprint density at radius 1 is 1.50 bits per heavy atom. The van der Waals surface area contributed by atoms with Gasteiger partial charge in [-0.15, -0.1) is 0 Å². The molecule has 1 fully saturated rings. The Balaban J connectivity index is 1.89. The van der Waals surface area contributed by atoms with Crippen LogP contribution in [0.4, 0.5) is 5.69 Å². The van der Waals surface area contributed by atoms with E-state index in [-0.39, 0.29) is 6.10 Å². The Labute approximate surface area is 114 Å². The Morgan fingerprint density at radius 3 is 3.11 bits per heavy atom. The van der Waals surface area contributed by atoms with E-state index in [9.17, 15) is 0 Å². The smallest absolute Gasteiger partial charge is 0.0874 e. The summed E-state index contributed by atoms with van der Waals surface area (Å²) in [5, 5.41) is 4.24. The van der Waals surface area contributed by atoms with Crippen molar-refractivity contribution in [2.75, 3.05) is 38.1 Å². The van der Waals surface area contributed by atoms with Crippen LogP contribution in [-0.4, -0.2) is 43.8 Å². The van der Waals surface area contributed by atoms with Crippen LogP contribution in [0.3, 0.4) is 0 Å². The van der Waals surface area contributed by atoms with Gasteiger partial charge in [-0.25, -0.2) is 0 Å². The van der Waals surface area contributed by atoms with Crippen molar-refractivity contribution in [3.05, 3.63) is 28.8 Å². The molecule has 1 aromatic carbocycles. The van der Waals surface area contributed by atoms with Gasteiger partial charge in [-0.1, -0.05) is 24.6 Å². The van der Waals surface area contributed by atoms with Gasteiger partial charge in [-0.3, -0.25) is 4.90 Å². The zero-order chi connectivity index (χ0) is 13.0. The van der Waals surface area contributed by atoms with Gasteiger partial charge in [-0.05, 0) is 31.2 Å². The summed E-state index contributed by atoms with van der Waals surface area (Å²) in [4.78, 5) is 2.42. The monoisotopic (exact) mass is 268 g/mol. The van der Waals surface area contributed by atoms with Crippen LogP contribution in [0.2, 0.25) is 5.02 Å². The van der Waals surface area contributed by atoms with Crippen LogP contribution in [0, 0.1) is 6.92 Å². The van der Waals surface area contributed by atoms with Gasteiger partial charge in [0.25, 0.3) is 0 Å². The summed E-state index contributed by atoms with van der Waals surface area (Å²) in [7, 11) is 0. The van der Waals surface area contributed by atoms with Crippen LogP contribution in [0.1, 0.15) is 12.5 Å². The molecule has 4 heteroatoms. The minimum Gasteiger partial charge on any atom is -0.382 e. The van der Waals surface area contributed by atoms with Crippen molar-refractivity contribution in [3.8, 4) is 0 Å². The molecule has 1 aliphatic rings. The predicted molar refractivity (Wildman–Crippen MR) is 76.5 cm³/mol. The van der Waals surface area contributed by atoms with Crippen molar-refractivity contribution in [3.63, 3.8) is 0 Å². The third-order valence-electron chi connectivity index (χ3n) is 3.46. The lowest BCUT2D eigenvalue weighted by Crippen LogP contribution is -2.45. The highest BCUT2D eigenvalue weighted by Crippen LogP contribution is 2.23. The van der Waals surface area contributed by atoms with E-state index in [1.54, 1.807) is 0 Å². The number of hydrogen-bond donors (Lipinski definition) is 1. The van der Waals surface area contributed by atoms with E-state index in [0.717, 1.165) is 49.1 Å². The van der Waals surface area contributed by atoms with Crippen LogP contribution in [0.25, 0.3) is 0 Å². The first kappa shape index (κ1) is 13.7. The molecule has 3 nitrogen and oxygen atoms in total. The number of ether oxygens (including phenoxy) is 1. The third-order valence-corrected chi connectivity index (χ3v) is 3.87. The fraction of sp³-hybridized carbons (Fsp3) is 0.571. The number of hydrogen-bond acceptors (Lipinski definition) is 3. The number of rotatable bonds is 4. The molecule has 1 N–H and O–H groups in total. The van der Waals surface area contributed by atoms with Crippen molar-refractivity contribution in [1.29, 1.82) is 0 Å². The summed E-state index contributed by atoms with van der Waals surface area (Å²) in [6.07, 6.45) is 0.261. The first-order valence-electron chi connectivity index (χ1n) is 6.53. The second-order valence-corrected chi connectivity index (χ2v) is 5.09. The largest absolute Gasteiger partial charge is 0.382 e. The molecule has 0 aliphatic carbocycles. The van der Waals surface area contributed by atoms with E-state index in [2.05, 4.69) is 23.2 Å². The number of benzene rings is 1. The molecule has 1 atom stereocenters. The summed E-state index contributed by atoms with van der Waals surface area (Å²) in [5.41, 5.74) is 2.20. The zero-order valence-corrected chi connectivity index (χ0v) is 11.8. The number of morpholine rings is 1. The van der Waals surface area contributed by atoms with E-state index in [4.69, 9.17) is 16.3 Å². The molecule has 0 bridgehead atoms. The summed E-state index contributed by atoms with van der Waals surface area (Å²) < 4.78 is 5.76. The molecule has 0 saturated carbocycles. The van der Waals surface area contributed by atoms with E-state index in [1.807, 2.05) is 19.1 Å². The van der Waals surface area contributed by atoms with Crippen LogP contribution < -0.4 is 5.32 Å². The minimum atomic E-state index is 0.261. The van der Waals surface area contributed by atoms with Crippen molar-refractivity contribution < 1.29 is 4.74 Å². The van der Waals surface area contributed by atoms with Gasteiger partial charge >= 0.3 is 0 Å². The molecule has 18 heavy (non-hydrogen) atoms. The number of nitrogens with zero attached hydrogens (tertiary/aromatic N) is 1. The molecule has 0 amide bonds. The van der Waals surface area contributed by atoms with Crippen molar-refractivity contribution >= 4 is 17.3 Å². The van der Waals surface area contributed by atoms with E-state index < -0.39 is 0 Å². The quantitative estimate of drug-likeness (QED) is 0.909. The van der Waals surface area contributed by atoms with Crippen molar-refractivity contribution in [1.82, 2.24) is 4.90 Å². The highest BCUT2D eigenvalue weighted by molar-refractivity contribution is 6.31. The molecule has 1 aliphatic heterocycles. The molecule has 100 valence electrons. The number of nitrogens with one attached hydrogen (secondary N) is 1. The maximum Gasteiger partial charge on any atom is 0.0874 e. The van der Waals surface area contributed by atoms with Crippen LogP contribution >= 0.6 is 11.6 Å². The Bertz CT molecular complexity index is 397. The predicted octanol–water partition coefficient (Wildman–Crippen LogP) is 2.78. The Hall–Kier alpha value is -0.770. The maximum absolute atomic E-state index is 6.10. The molecule has 1 saturated heterocycles. The molecule has 2 rings (SSSR count). The SMILES string of the molecule is CCN1CCOC(CNc2cccc(Cl)c2C)C1. The average molecular weight is 269 g/mol. The highest BCUT2D eigenvalue weighted by Gasteiger charge is 2.19. The first-order chi connectivity index (χ1) is 8.70. The normalized spacial score (nSPS) is 20.9. The number of likely N-dealkylation sites (N-methyl/N-ethyl adjacent to an activating group) is 1. The van der Waals surface area contributed by atoms with Crippen molar-refractivity contribution in [2.24, 2.45) is 0 Å². The molecule has 1 unspecified atom stereocenters. The van der Waals surface area contributed by atoms with Gasteiger partial charge in [-0.2, -0.15) is 0 Å². The highest BCUT2D eigenvalue weighted by atomic mass is 35.5. The van der Waals surface area contributed by atoms with E-state index in [0.29, 0.717) is 0 Å². The van der Waals surface area contributed by atoms with Crippen LogP contribution in [0.15, 0.2) is 18.2 Å². The van der Waals surface area contributed by atoms with Crippen LogP contribution in [-0.2, 0) is 4.74 Å². The number of anilines is 1. The van der Waals surface area contributed by atoms with Gasteiger partial charge in [0.15, 0.2) is 0 Å². The third kappa shape index (κ3) is 3.37. The maximum atomic E-state index is 6.10. The lowest BCUT2D eigenvalue weighted by atomic mass is 10.2.